The molecule has 1 saturated heterocycles. The van der Waals surface area contributed by atoms with E-state index in [1.165, 1.54) is 11.3 Å². The smallest absolute Gasteiger partial charge is 0.408 e. The van der Waals surface area contributed by atoms with Crippen molar-refractivity contribution in [3.05, 3.63) is 33.9 Å². The molecular formula is C22H27Cl2N5O3S. The number of rotatable bonds is 4. The third kappa shape index (κ3) is 5.06. The number of aliphatic hydroxyl groups excluding tert-OH is 1. The topological polar surface area (TPSA) is 92.0 Å². The zero-order valence-corrected chi connectivity index (χ0v) is 21.3. The van der Waals surface area contributed by atoms with Gasteiger partial charge in [0.1, 0.15) is 16.3 Å². The number of alkyl carbamates (subject to hydrolysis) is 1. The Morgan fingerprint density at radius 1 is 1.30 bits per heavy atom. The monoisotopic (exact) mass is 511 g/mol. The van der Waals surface area contributed by atoms with E-state index in [2.05, 4.69) is 15.3 Å². The molecule has 3 aromatic rings. The maximum absolute atomic E-state index is 12.2. The van der Waals surface area contributed by atoms with Crippen LogP contribution in [0.2, 0.25) is 10.0 Å². The molecule has 4 rings (SSSR count). The van der Waals surface area contributed by atoms with Gasteiger partial charge >= 0.3 is 6.09 Å². The van der Waals surface area contributed by atoms with E-state index in [1.54, 1.807) is 10.6 Å². The minimum atomic E-state index is -0.541. The first-order valence-electron chi connectivity index (χ1n) is 10.7. The number of nitrogens with one attached hydrogen (secondary N) is 1. The van der Waals surface area contributed by atoms with Gasteiger partial charge in [-0.2, -0.15) is 10.1 Å². The summed E-state index contributed by atoms with van der Waals surface area (Å²) in [6, 6.07) is 5.41. The second-order valence-electron chi connectivity index (χ2n) is 9.42. The first-order chi connectivity index (χ1) is 15.5. The second-order valence-corrected chi connectivity index (χ2v) is 11.2. The van der Waals surface area contributed by atoms with Crippen LogP contribution in [0.15, 0.2) is 18.2 Å². The Labute approximate surface area is 206 Å². The third-order valence-electron chi connectivity index (χ3n) is 5.58. The van der Waals surface area contributed by atoms with Gasteiger partial charge in [-0.15, -0.1) is 0 Å². The lowest BCUT2D eigenvalue weighted by molar-refractivity contribution is 0.0448. The number of anilines is 1. The standard InChI is InChI=1S/C22H27Cl2N5O3S/c1-21(2,3)32-20(31)26-22(4)8-10-28(11-9-22)17-15(12-30)29-19(25-17)33-18(27-29)13-6-5-7-14(23)16(13)24/h5-7,30H,8-12H2,1-4H3,(H,26,31). The van der Waals surface area contributed by atoms with Gasteiger partial charge in [0, 0.05) is 24.2 Å². The number of aromatic nitrogens is 3. The molecule has 3 heterocycles. The van der Waals surface area contributed by atoms with E-state index in [-0.39, 0.29) is 12.1 Å². The Morgan fingerprint density at radius 3 is 2.64 bits per heavy atom. The van der Waals surface area contributed by atoms with E-state index in [9.17, 15) is 9.90 Å². The number of nitrogens with zero attached hydrogens (tertiary/aromatic N) is 4. The first kappa shape index (κ1) is 24.1. The van der Waals surface area contributed by atoms with Crippen LogP contribution in [0.25, 0.3) is 15.5 Å². The fourth-order valence-electron chi connectivity index (χ4n) is 3.84. The lowest BCUT2D eigenvalue weighted by Gasteiger charge is -2.40. The number of ether oxygens (including phenoxy) is 1. The summed E-state index contributed by atoms with van der Waals surface area (Å²) in [7, 11) is 0. The van der Waals surface area contributed by atoms with Crippen LogP contribution in [0.3, 0.4) is 0 Å². The van der Waals surface area contributed by atoms with Crippen molar-refractivity contribution in [3.8, 4) is 10.6 Å². The van der Waals surface area contributed by atoms with Crippen LogP contribution in [0, 0.1) is 0 Å². The van der Waals surface area contributed by atoms with Crippen LogP contribution < -0.4 is 10.2 Å². The molecule has 0 saturated carbocycles. The van der Waals surface area contributed by atoms with Crippen LogP contribution in [0.4, 0.5) is 10.6 Å². The molecule has 1 aliphatic heterocycles. The predicted molar refractivity (Wildman–Crippen MR) is 131 cm³/mol. The minimum Gasteiger partial charge on any atom is -0.444 e. The van der Waals surface area contributed by atoms with Crippen molar-refractivity contribution < 1.29 is 14.6 Å². The molecule has 33 heavy (non-hydrogen) atoms. The minimum absolute atomic E-state index is 0.202. The van der Waals surface area contributed by atoms with Crippen LogP contribution in [-0.4, -0.2) is 50.0 Å². The van der Waals surface area contributed by atoms with E-state index in [4.69, 9.17) is 32.9 Å². The van der Waals surface area contributed by atoms with E-state index in [1.807, 2.05) is 39.8 Å². The Bertz CT molecular complexity index is 1180. The van der Waals surface area contributed by atoms with E-state index < -0.39 is 11.7 Å². The van der Waals surface area contributed by atoms with Gasteiger partial charge in [-0.1, -0.05) is 46.7 Å². The average Bonchev–Trinajstić information content (AvgIpc) is 3.26. The van der Waals surface area contributed by atoms with Gasteiger partial charge in [0.15, 0.2) is 5.82 Å². The summed E-state index contributed by atoms with van der Waals surface area (Å²) in [6.07, 6.45) is 1.03. The van der Waals surface area contributed by atoms with Gasteiger partial charge in [0.25, 0.3) is 0 Å². The van der Waals surface area contributed by atoms with Crippen molar-refractivity contribution in [2.75, 3.05) is 18.0 Å². The van der Waals surface area contributed by atoms with Crippen molar-refractivity contribution in [1.82, 2.24) is 19.9 Å². The van der Waals surface area contributed by atoms with Crippen molar-refractivity contribution in [2.24, 2.45) is 0 Å². The maximum Gasteiger partial charge on any atom is 0.408 e. The second kappa shape index (κ2) is 8.94. The highest BCUT2D eigenvalue weighted by atomic mass is 35.5. The lowest BCUT2D eigenvalue weighted by atomic mass is 9.90. The number of carbonyl (C=O) groups excluding carboxylic acids is 1. The summed E-state index contributed by atoms with van der Waals surface area (Å²) in [5, 5.41) is 19.3. The number of imidazole rings is 1. The Balaban J connectivity index is 1.52. The third-order valence-corrected chi connectivity index (χ3v) is 7.34. The van der Waals surface area contributed by atoms with Crippen molar-refractivity contribution in [2.45, 2.75) is 58.3 Å². The number of amides is 1. The summed E-state index contributed by atoms with van der Waals surface area (Å²) in [6.45, 7) is 8.71. The van der Waals surface area contributed by atoms with E-state index in [0.29, 0.717) is 44.6 Å². The zero-order chi connectivity index (χ0) is 24.0. The van der Waals surface area contributed by atoms with Crippen LogP contribution in [0.1, 0.15) is 46.2 Å². The summed E-state index contributed by atoms with van der Waals surface area (Å²) < 4.78 is 7.08. The number of carbonyl (C=O) groups is 1. The molecule has 1 aromatic carbocycles. The summed E-state index contributed by atoms with van der Waals surface area (Å²) >= 11 is 13.9. The number of hydrogen-bond donors (Lipinski definition) is 2. The van der Waals surface area contributed by atoms with Crippen LogP contribution >= 0.6 is 34.5 Å². The maximum atomic E-state index is 12.2. The molecule has 2 N–H and O–H groups in total. The summed E-state index contributed by atoms with van der Waals surface area (Å²) in [5.41, 5.74) is 0.436. The fraction of sp³-hybridized carbons (Fsp3) is 0.500. The van der Waals surface area contributed by atoms with Crippen LogP contribution in [0.5, 0.6) is 0 Å². The fourth-order valence-corrected chi connectivity index (χ4v) is 5.23. The number of halogens is 2. The predicted octanol–water partition coefficient (Wildman–Crippen LogP) is 5.14. The summed E-state index contributed by atoms with van der Waals surface area (Å²) in [5.74, 6) is 0.708. The largest absolute Gasteiger partial charge is 0.444 e. The molecule has 0 aliphatic carbocycles. The molecule has 178 valence electrons. The quantitative estimate of drug-likeness (QED) is 0.503. The molecule has 1 amide bonds. The molecule has 11 heteroatoms. The number of hydrogen-bond acceptors (Lipinski definition) is 7. The summed E-state index contributed by atoms with van der Waals surface area (Å²) in [4.78, 5) is 19.8. The van der Waals surface area contributed by atoms with E-state index in [0.717, 1.165) is 18.4 Å². The van der Waals surface area contributed by atoms with Gasteiger partial charge < -0.3 is 20.1 Å². The molecule has 0 atom stereocenters. The normalized spacial score (nSPS) is 16.3. The zero-order valence-electron chi connectivity index (χ0n) is 19.0. The number of aliphatic hydroxyl groups is 1. The van der Waals surface area contributed by atoms with Gasteiger partial charge in [-0.25, -0.2) is 9.31 Å². The molecule has 0 spiro atoms. The molecule has 2 aromatic heterocycles. The SMILES string of the molecule is CC1(NC(=O)OC(C)(C)C)CCN(c2nc3sc(-c4cccc(Cl)c4Cl)nn3c2CO)CC1. The molecule has 0 bridgehead atoms. The van der Waals surface area contributed by atoms with Gasteiger partial charge in [0.2, 0.25) is 4.96 Å². The lowest BCUT2D eigenvalue weighted by Crippen LogP contribution is -2.54. The Morgan fingerprint density at radius 2 is 2.00 bits per heavy atom. The van der Waals surface area contributed by atoms with Crippen LogP contribution in [-0.2, 0) is 11.3 Å². The molecule has 1 fully saturated rings. The number of piperidine rings is 1. The molecule has 1 aliphatic rings. The van der Waals surface area contributed by atoms with Gasteiger partial charge in [-0.3, -0.25) is 0 Å². The highest BCUT2D eigenvalue weighted by molar-refractivity contribution is 7.20. The van der Waals surface area contributed by atoms with Gasteiger partial charge in [0.05, 0.1) is 16.7 Å². The van der Waals surface area contributed by atoms with Crippen molar-refractivity contribution >= 4 is 51.4 Å². The Kier molecular flexibility index (Phi) is 6.52. The number of fused-ring (bicyclic) bond motifs is 1. The van der Waals surface area contributed by atoms with E-state index >= 15 is 0 Å². The van der Waals surface area contributed by atoms with Crippen molar-refractivity contribution in [3.63, 3.8) is 0 Å². The molecule has 8 nitrogen and oxygen atoms in total. The average molecular weight is 512 g/mol. The van der Waals surface area contributed by atoms with Crippen molar-refractivity contribution in [1.29, 1.82) is 0 Å². The molecule has 0 radical (unpaired) electrons. The molecular weight excluding hydrogens is 485 g/mol. The highest BCUT2D eigenvalue weighted by Crippen LogP contribution is 2.37. The highest BCUT2D eigenvalue weighted by Gasteiger charge is 2.35. The molecule has 0 unspecified atom stereocenters. The first-order valence-corrected chi connectivity index (χ1v) is 12.3. The number of benzene rings is 1. The van der Waals surface area contributed by atoms with Gasteiger partial charge in [-0.05, 0) is 46.6 Å². The Hall–Kier alpha value is -2.07.